The number of aliphatic carboxylic acids is 1. The number of carboxylic acids is 1. The highest BCUT2D eigenvalue weighted by atomic mass is 19.4. The minimum absolute atomic E-state index is 0.0549. The molecule has 0 aromatic heterocycles. The van der Waals surface area contributed by atoms with E-state index >= 15 is 0 Å². The van der Waals surface area contributed by atoms with Crippen molar-refractivity contribution in [3.63, 3.8) is 0 Å². The number of halogens is 3. The van der Waals surface area contributed by atoms with Gasteiger partial charge in [0, 0.05) is 26.4 Å². The van der Waals surface area contributed by atoms with Crippen LogP contribution in [0.15, 0.2) is 0 Å². The van der Waals surface area contributed by atoms with Gasteiger partial charge in [-0.3, -0.25) is 9.59 Å². The lowest BCUT2D eigenvalue weighted by Crippen LogP contribution is -2.31. The lowest BCUT2D eigenvalue weighted by molar-refractivity contribution is -0.144. The van der Waals surface area contributed by atoms with Crippen LogP contribution in [0.4, 0.5) is 13.2 Å². The lowest BCUT2D eigenvalue weighted by Gasteiger charge is -2.19. The molecule has 4 nitrogen and oxygen atoms in total. The molecule has 0 saturated carbocycles. The number of nitrogens with zero attached hydrogens (tertiary/aromatic N) is 1. The highest BCUT2D eigenvalue weighted by Gasteiger charge is 2.28. The summed E-state index contributed by atoms with van der Waals surface area (Å²) in [7, 11) is 1.28. The summed E-state index contributed by atoms with van der Waals surface area (Å²) < 4.78 is 35.7. The van der Waals surface area contributed by atoms with Crippen molar-refractivity contribution >= 4 is 11.9 Å². The summed E-state index contributed by atoms with van der Waals surface area (Å²) in [6.07, 6.45) is -5.57. The summed E-state index contributed by atoms with van der Waals surface area (Å²) in [4.78, 5) is 22.7. The first-order valence-corrected chi connectivity index (χ1v) is 5.14. The third kappa shape index (κ3) is 8.53. The zero-order valence-corrected chi connectivity index (χ0v) is 9.75. The van der Waals surface area contributed by atoms with Gasteiger partial charge in [-0.25, -0.2) is 0 Å². The quantitative estimate of drug-likeness (QED) is 0.788. The van der Waals surface area contributed by atoms with Crippen LogP contribution in [-0.2, 0) is 9.59 Å². The van der Waals surface area contributed by atoms with Crippen molar-refractivity contribution < 1.29 is 27.9 Å². The molecule has 1 amide bonds. The Morgan fingerprint density at radius 3 is 2.24 bits per heavy atom. The highest BCUT2D eigenvalue weighted by molar-refractivity contribution is 5.77. The van der Waals surface area contributed by atoms with Crippen LogP contribution in [0.2, 0.25) is 0 Å². The second kappa shape index (κ2) is 6.46. The zero-order chi connectivity index (χ0) is 13.6. The molecule has 0 aromatic carbocycles. The Hall–Kier alpha value is -1.27. The molecule has 7 heteroatoms. The predicted molar refractivity (Wildman–Crippen MR) is 54.3 cm³/mol. The number of hydrogen-bond donors (Lipinski definition) is 1. The molecule has 0 fully saturated rings. The Morgan fingerprint density at radius 2 is 1.82 bits per heavy atom. The largest absolute Gasteiger partial charge is 0.481 e. The molecule has 0 saturated heterocycles. The van der Waals surface area contributed by atoms with E-state index in [-0.39, 0.29) is 18.8 Å². The summed E-state index contributed by atoms with van der Waals surface area (Å²) in [6.45, 7) is 1.17. The van der Waals surface area contributed by atoms with Crippen LogP contribution in [0.5, 0.6) is 0 Å². The molecule has 0 rings (SSSR count). The maximum atomic E-state index is 11.9. The van der Waals surface area contributed by atoms with Crippen LogP contribution >= 0.6 is 0 Å². The summed E-state index contributed by atoms with van der Waals surface area (Å²) >= 11 is 0. The van der Waals surface area contributed by atoms with E-state index in [1.807, 2.05) is 0 Å². The van der Waals surface area contributed by atoms with E-state index in [9.17, 15) is 22.8 Å². The van der Waals surface area contributed by atoms with E-state index in [1.165, 1.54) is 7.05 Å². The van der Waals surface area contributed by atoms with Gasteiger partial charge in [0.25, 0.3) is 0 Å². The second-order valence-corrected chi connectivity index (χ2v) is 4.09. The van der Waals surface area contributed by atoms with E-state index in [1.54, 1.807) is 6.92 Å². The molecule has 0 aromatic rings. The van der Waals surface area contributed by atoms with Gasteiger partial charge in [-0.1, -0.05) is 6.92 Å². The minimum Gasteiger partial charge on any atom is -0.481 e. The summed E-state index contributed by atoms with van der Waals surface area (Å²) in [6, 6.07) is 0. The first kappa shape index (κ1) is 15.7. The van der Waals surface area contributed by atoms with Crippen LogP contribution in [0.1, 0.15) is 26.2 Å². The number of alkyl halides is 3. The van der Waals surface area contributed by atoms with Crippen LogP contribution in [0.25, 0.3) is 0 Å². The van der Waals surface area contributed by atoms with Crippen molar-refractivity contribution in [2.45, 2.75) is 32.4 Å². The average molecular weight is 255 g/mol. The molecule has 0 spiro atoms. The van der Waals surface area contributed by atoms with Crippen molar-refractivity contribution in [2.75, 3.05) is 13.6 Å². The third-order valence-electron chi connectivity index (χ3n) is 2.20. The predicted octanol–water partition coefficient (Wildman–Crippen LogP) is 1.90. The number of carbonyl (C=O) groups is 2. The number of carbonyl (C=O) groups excluding carboxylic acids is 1. The van der Waals surface area contributed by atoms with Crippen LogP contribution in [-0.4, -0.2) is 41.7 Å². The van der Waals surface area contributed by atoms with Crippen molar-refractivity contribution in [1.82, 2.24) is 4.90 Å². The minimum atomic E-state index is -4.29. The van der Waals surface area contributed by atoms with Gasteiger partial charge in [0.15, 0.2) is 0 Å². The molecule has 0 aliphatic carbocycles. The highest BCUT2D eigenvalue weighted by Crippen LogP contribution is 2.20. The monoisotopic (exact) mass is 255 g/mol. The van der Waals surface area contributed by atoms with E-state index in [4.69, 9.17) is 5.11 Å². The van der Waals surface area contributed by atoms with Gasteiger partial charge in [0.05, 0.1) is 6.42 Å². The molecular weight excluding hydrogens is 239 g/mol. The van der Waals surface area contributed by atoms with E-state index in [0.29, 0.717) is 0 Å². The van der Waals surface area contributed by atoms with E-state index in [2.05, 4.69) is 0 Å². The number of rotatable bonds is 6. The summed E-state index contributed by atoms with van der Waals surface area (Å²) in [5.41, 5.74) is 0. The smallest absolute Gasteiger partial charge is 0.390 e. The SMILES string of the molecule is CC(CC(=O)O)CC(=O)N(C)CCC(F)(F)F. The zero-order valence-electron chi connectivity index (χ0n) is 9.75. The van der Waals surface area contributed by atoms with Crippen LogP contribution in [0.3, 0.4) is 0 Å². The fourth-order valence-electron chi connectivity index (χ4n) is 1.24. The Morgan fingerprint density at radius 1 is 1.29 bits per heavy atom. The topological polar surface area (TPSA) is 57.6 Å². The van der Waals surface area contributed by atoms with Gasteiger partial charge in [-0.15, -0.1) is 0 Å². The number of hydrogen-bond acceptors (Lipinski definition) is 2. The van der Waals surface area contributed by atoms with Crippen LogP contribution < -0.4 is 0 Å². The molecule has 17 heavy (non-hydrogen) atoms. The lowest BCUT2D eigenvalue weighted by atomic mass is 10.0. The van der Waals surface area contributed by atoms with E-state index in [0.717, 1.165) is 4.90 Å². The number of amides is 1. The first-order valence-electron chi connectivity index (χ1n) is 5.14. The normalized spacial score (nSPS) is 13.2. The first-order chi connectivity index (χ1) is 7.61. The Balaban J connectivity index is 4.01. The summed E-state index contributed by atoms with van der Waals surface area (Å²) in [5.74, 6) is -1.88. The van der Waals surface area contributed by atoms with Gasteiger partial charge < -0.3 is 10.0 Å². The second-order valence-electron chi connectivity index (χ2n) is 4.09. The fraction of sp³-hybridized carbons (Fsp3) is 0.800. The molecule has 0 radical (unpaired) electrons. The van der Waals surface area contributed by atoms with Crippen molar-refractivity contribution in [3.8, 4) is 0 Å². The van der Waals surface area contributed by atoms with E-state index < -0.39 is 31.0 Å². The maximum absolute atomic E-state index is 11.9. The molecular formula is C10H16F3NO3. The standard InChI is InChI=1S/C10H16F3NO3/c1-7(6-9(16)17)5-8(15)14(2)4-3-10(11,12)13/h7H,3-6H2,1-2H3,(H,16,17). The van der Waals surface area contributed by atoms with Crippen molar-refractivity contribution in [1.29, 1.82) is 0 Å². The molecule has 0 heterocycles. The van der Waals surface area contributed by atoms with Crippen molar-refractivity contribution in [2.24, 2.45) is 5.92 Å². The molecule has 0 aliphatic rings. The Kier molecular flexibility index (Phi) is 5.98. The Bertz CT molecular complexity index is 278. The van der Waals surface area contributed by atoms with Crippen molar-refractivity contribution in [3.05, 3.63) is 0 Å². The number of carboxylic acid groups (broad SMARTS) is 1. The third-order valence-corrected chi connectivity index (χ3v) is 2.20. The molecule has 1 unspecified atom stereocenters. The molecule has 0 bridgehead atoms. The molecule has 1 atom stereocenters. The summed E-state index contributed by atoms with van der Waals surface area (Å²) in [5, 5.41) is 8.47. The van der Waals surface area contributed by atoms with Gasteiger partial charge in [0.2, 0.25) is 5.91 Å². The molecule has 1 N–H and O–H groups in total. The average Bonchev–Trinajstić information content (AvgIpc) is 2.11. The Labute approximate surface area is 97.4 Å². The van der Waals surface area contributed by atoms with Gasteiger partial charge in [-0.05, 0) is 5.92 Å². The van der Waals surface area contributed by atoms with Gasteiger partial charge >= 0.3 is 12.1 Å². The fourth-order valence-corrected chi connectivity index (χ4v) is 1.24. The van der Waals surface area contributed by atoms with Gasteiger partial charge in [0.1, 0.15) is 0 Å². The van der Waals surface area contributed by atoms with Crippen LogP contribution in [0, 0.1) is 5.92 Å². The van der Waals surface area contributed by atoms with Gasteiger partial charge in [-0.2, -0.15) is 13.2 Å². The molecule has 100 valence electrons. The molecule has 0 aliphatic heterocycles. The maximum Gasteiger partial charge on any atom is 0.390 e.